The van der Waals surface area contributed by atoms with Crippen molar-refractivity contribution in [3.63, 3.8) is 0 Å². The van der Waals surface area contributed by atoms with E-state index < -0.39 is 0 Å². The quantitative estimate of drug-likeness (QED) is 0.713. The molecule has 0 N–H and O–H groups in total. The van der Waals surface area contributed by atoms with E-state index in [-0.39, 0.29) is 17.1 Å². The molecule has 1 atom stereocenters. The van der Waals surface area contributed by atoms with E-state index in [9.17, 15) is 0 Å². The molecular weight excluding hydrogens is 250 g/mol. The molecule has 0 unspecified atom stereocenters. The van der Waals surface area contributed by atoms with Crippen LogP contribution in [-0.2, 0) is 17.1 Å². The van der Waals surface area contributed by atoms with E-state index in [1.807, 2.05) is 32.1 Å². The van der Waals surface area contributed by atoms with E-state index in [0.29, 0.717) is 6.04 Å². The molecule has 0 amide bonds. The molecule has 2 aliphatic rings. The molecule has 0 saturated heterocycles. The fourth-order valence-corrected chi connectivity index (χ4v) is 1.83. The molecule has 2 saturated carbocycles. The maximum atomic E-state index is 2.26. The van der Waals surface area contributed by atoms with Crippen molar-refractivity contribution in [2.45, 2.75) is 19.4 Å². The van der Waals surface area contributed by atoms with Crippen LogP contribution in [0.5, 0.6) is 0 Å². The number of hydrogen-bond donors (Lipinski definition) is 0. The van der Waals surface area contributed by atoms with Gasteiger partial charge in [0, 0.05) is 12.0 Å². The van der Waals surface area contributed by atoms with E-state index in [1.165, 1.54) is 12.3 Å². The molecular formula is C15H21FeN+2. The van der Waals surface area contributed by atoms with Crippen molar-refractivity contribution in [3.8, 4) is 0 Å². The van der Waals surface area contributed by atoms with Crippen LogP contribution in [0.25, 0.3) is 0 Å². The topological polar surface area (TPSA) is 3.24 Å². The van der Waals surface area contributed by atoms with E-state index in [1.54, 1.807) is 0 Å². The fraction of sp³-hybridized carbons (Fsp3) is 0.333. The SMILES string of the molecule is CC[C@H]([C]1[CH][CH][CH][CH]1)N(C)C.[CH]1[CH][CH][CH][CH]1.[Fe+2]. The molecule has 0 aliphatic heterocycles. The number of nitrogens with zero attached hydrogens (tertiary/aromatic N) is 1. The standard InChI is InChI=1S/C10H16N.C5H5.Fe/c1-4-10(11(2)3)9-7-5-6-8-9;1-2-4-5-3-1;/h5-8,10H,4H2,1-3H3;1-5H;/q;;+2/t10-;;/m1../s1. The van der Waals surface area contributed by atoms with Crippen LogP contribution in [0.15, 0.2) is 0 Å². The first-order valence-corrected chi connectivity index (χ1v) is 5.80. The van der Waals surface area contributed by atoms with Gasteiger partial charge in [-0.05, 0) is 78.3 Å². The zero-order chi connectivity index (χ0) is 11.8. The molecule has 17 heavy (non-hydrogen) atoms. The molecule has 2 aliphatic carbocycles. The number of rotatable bonds is 3. The van der Waals surface area contributed by atoms with Crippen molar-refractivity contribution in [1.29, 1.82) is 0 Å². The molecule has 10 radical (unpaired) electrons. The first-order chi connectivity index (χ1) is 7.75. The van der Waals surface area contributed by atoms with Crippen molar-refractivity contribution in [2.24, 2.45) is 0 Å². The van der Waals surface area contributed by atoms with Crippen LogP contribution in [-0.4, -0.2) is 25.0 Å². The second kappa shape index (κ2) is 10.4. The summed E-state index contributed by atoms with van der Waals surface area (Å²) >= 11 is 0. The second-order valence-corrected chi connectivity index (χ2v) is 4.07. The van der Waals surface area contributed by atoms with E-state index in [0.717, 1.165) is 0 Å². The molecule has 2 fully saturated rings. The third-order valence-corrected chi connectivity index (χ3v) is 2.64. The van der Waals surface area contributed by atoms with Gasteiger partial charge in [-0.1, -0.05) is 6.92 Å². The average Bonchev–Trinajstić information content (AvgIpc) is 2.94. The van der Waals surface area contributed by atoms with Gasteiger partial charge in [0.1, 0.15) is 0 Å². The molecule has 1 nitrogen and oxygen atoms in total. The van der Waals surface area contributed by atoms with E-state index in [4.69, 9.17) is 0 Å². The largest absolute Gasteiger partial charge is 2.00 e. The predicted octanol–water partition coefficient (Wildman–Crippen LogP) is 2.75. The summed E-state index contributed by atoms with van der Waals surface area (Å²) in [5.41, 5.74) is 0. The minimum absolute atomic E-state index is 0. The summed E-state index contributed by atoms with van der Waals surface area (Å²) in [5, 5.41) is 0. The Morgan fingerprint density at radius 2 is 1.29 bits per heavy atom. The van der Waals surface area contributed by atoms with Crippen LogP contribution < -0.4 is 0 Å². The van der Waals surface area contributed by atoms with Gasteiger partial charge >= 0.3 is 17.1 Å². The molecule has 0 heterocycles. The van der Waals surface area contributed by atoms with Gasteiger partial charge in [0.15, 0.2) is 0 Å². The monoisotopic (exact) mass is 271 g/mol. The van der Waals surface area contributed by atoms with Gasteiger partial charge < -0.3 is 4.90 Å². The summed E-state index contributed by atoms with van der Waals surface area (Å²) < 4.78 is 0. The molecule has 92 valence electrons. The fourth-order valence-electron chi connectivity index (χ4n) is 1.83. The van der Waals surface area contributed by atoms with Crippen LogP contribution in [0.4, 0.5) is 0 Å². The second-order valence-electron chi connectivity index (χ2n) is 4.07. The Labute approximate surface area is 119 Å². The van der Waals surface area contributed by atoms with Crippen LogP contribution in [0.3, 0.4) is 0 Å². The zero-order valence-electron chi connectivity index (χ0n) is 10.8. The van der Waals surface area contributed by atoms with Crippen LogP contribution in [0.2, 0.25) is 0 Å². The Kier molecular flexibility index (Phi) is 10.7. The third kappa shape index (κ3) is 6.84. The Morgan fingerprint density at radius 1 is 0.882 bits per heavy atom. The van der Waals surface area contributed by atoms with Gasteiger partial charge in [-0.3, -0.25) is 0 Å². The number of hydrogen-bond acceptors (Lipinski definition) is 1. The Hall–Kier alpha value is 0.479. The van der Waals surface area contributed by atoms with Crippen molar-refractivity contribution in [2.75, 3.05) is 14.1 Å². The first-order valence-electron chi connectivity index (χ1n) is 5.80. The minimum atomic E-state index is 0. The van der Waals surface area contributed by atoms with Gasteiger partial charge in [0.25, 0.3) is 0 Å². The molecule has 2 rings (SSSR count). The molecule has 0 spiro atoms. The summed E-state index contributed by atoms with van der Waals surface area (Å²) in [6, 6.07) is 0.588. The third-order valence-electron chi connectivity index (χ3n) is 2.64. The summed E-state index contributed by atoms with van der Waals surface area (Å²) in [7, 11) is 4.25. The van der Waals surface area contributed by atoms with Gasteiger partial charge in [-0.15, -0.1) is 0 Å². The summed E-state index contributed by atoms with van der Waals surface area (Å²) in [6.45, 7) is 2.22. The Balaban J connectivity index is 0.000000360. The summed E-state index contributed by atoms with van der Waals surface area (Å²) in [5.74, 6) is 1.43. The minimum Gasteiger partial charge on any atom is -0.306 e. The average molecular weight is 271 g/mol. The molecule has 0 aromatic heterocycles. The van der Waals surface area contributed by atoms with Crippen LogP contribution >= 0.6 is 0 Å². The first kappa shape index (κ1) is 17.5. The smallest absolute Gasteiger partial charge is 0.306 e. The van der Waals surface area contributed by atoms with Crippen LogP contribution in [0.1, 0.15) is 13.3 Å². The van der Waals surface area contributed by atoms with Gasteiger partial charge in [-0.2, -0.15) is 0 Å². The van der Waals surface area contributed by atoms with Crippen molar-refractivity contribution in [1.82, 2.24) is 4.90 Å². The predicted molar refractivity (Wildman–Crippen MR) is 69.7 cm³/mol. The van der Waals surface area contributed by atoms with Gasteiger partial charge in [0.2, 0.25) is 0 Å². The van der Waals surface area contributed by atoms with Crippen molar-refractivity contribution in [3.05, 3.63) is 63.7 Å². The summed E-state index contributed by atoms with van der Waals surface area (Å²) in [6.07, 6.45) is 19.8. The Morgan fingerprint density at radius 3 is 1.59 bits per heavy atom. The summed E-state index contributed by atoms with van der Waals surface area (Å²) in [4.78, 5) is 2.26. The van der Waals surface area contributed by atoms with Gasteiger partial charge in [0.05, 0.1) is 0 Å². The maximum absolute atomic E-state index is 2.26. The maximum Gasteiger partial charge on any atom is 2.00 e. The molecule has 0 bridgehead atoms. The van der Waals surface area contributed by atoms with E-state index >= 15 is 0 Å². The normalized spacial score (nSPS) is 21.9. The molecule has 0 aromatic carbocycles. The van der Waals surface area contributed by atoms with Crippen molar-refractivity contribution >= 4 is 0 Å². The van der Waals surface area contributed by atoms with E-state index in [2.05, 4.69) is 51.6 Å². The molecule has 0 aromatic rings. The molecule has 2 heteroatoms. The van der Waals surface area contributed by atoms with Crippen LogP contribution in [0, 0.1) is 63.7 Å². The Bertz CT molecular complexity index is 153. The van der Waals surface area contributed by atoms with Crippen molar-refractivity contribution < 1.29 is 17.1 Å². The zero-order valence-corrected chi connectivity index (χ0v) is 11.9. The van der Waals surface area contributed by atoms with Gasteiger partial charge in [-0.25, -0.2) is 0 Å².